The first-order valence-electron chi connectivity index (χ1n) is 16.3. The molecular weight excluding hydrogens is 612 g/mol. The second-order valence-corrected chi connectivity index (χ2v) is 12.2. The average Bonchev–Trinajstić information content (AvgIpc) is 3.74. The van der Waals surface area contributed by atoms with E-state index in [1.807, 2.05) is 32.0 Å². The van der Waals surface area contributed by atoms with E-state index in [1.165, 1.54) is 12.8 Å². The second-order valence-electron chi connectivity index (χ2n) is 12.2. The number of nitrogens with zero attached hydrogens (tertiary/aromatic N) is 5. The van der Waals surface area contributed by atoms with E-state index < -0.39 is 0 Å². The molecule has 0 amide bonds. The molecular formula is C36H40N6O6. The van der Waals surface area contributed by atoms with Gasteiger partial charge in [-0.25, -0.2) is 9.97 Å². The minimum absolute atomic E-state index is 0.0647. The zero-order valence-corrected chi connectivity index (χ0v) is 27.5. The highest BCUT2D eigenvalue weighted by molar-refractivity contribution is 5.85. The Kier molecular flexibility index (Phi) is 9.89. The number of aryl methyl sites for hydroxylation is 2. The molecule has 12 heteroatoms. The van der Waals surface area contributed by atoms with Crippen LogP contribution in [0.2, 0.25) is 0 Å². The summed E-state index contributed by atoms with van der Waals surface area (Å²) in [6.07, 6.45) is 12.4. The number of ether oxygens (including phenoxy) is 2. The molecule has 0 bridgehead atoms. The Balaban J connectivity index is 0.000000161. The van der Waals surface area contributed by atoms with Gasteiger partial charge in [-0.1, -0.05) is 17.9 Å². The van der Waals surface area contributed by atoms with E-state index >= 15 is 0 Å². The molecule has 1 unspecified atom stereocenters. The number of fused-ring (bicyclic) bond motifs is 3. The van der Waals surface area contributed by atoms with E-state index in [-0.39, 0.29) is 23.7 Å². The Bertz CT molecular complexity index is 2030. The molecule has 4 aromatic rings. The third-order valence-corrected chi connectivity index (χ3v) is 9.13. The van der Waals surface area contributed by atoms with Crippen molar-refractivity contribution in [2.45, 2.75) is 58.1 Å². The quantitative estimate of drug-likeness (QED) is 0.243. The zero-order chi connectivity index (χ0) is 33.7. The van der Waals surface area contributed by atoms with E-state index in [0.717, 1.165) is 76.1 Å². The molecule has 7 heterocycles. The largest absolute Gasteiger partial charge is 0.483 e. The maximum atomic E-state index is 12.4. The topological polar surface area (TPSA) is 147 Å². The van der Waals surface area contributed by atoms with Crippen molar-refractivity contribution >= 4 is 41.2 Å². The number of nitrogens with one attached hydrogen (secondary N) is 1. The van der Waals surface area contributed by atoms with Crippen molar-refractivity contribution in [1.82, 2.24) is 19.9 Å². The summed E-state index contributed by atoms with van der Waals surface area (Å²) in [4.78, 5) is 41.5. The Morgan fingerprint density at radius 1 is 1.10 bits per heavy atom. The molecule has 4 aliphatic rings. The predicted octanol–water partition coefficient (Wildman–Crippen LogP) is 2.66. The number of aromatic amines is 1. The third kappa shape index (κ3) is 6.70. The molecule has 0 aromatic carbocycles. The minimum atomic E-state index is -0.306. The molecule has 8 rings (SSSR count). The number of hydrogen-bond acceptors (Lipinski definition) is 10. The lowest BCUT2D eigenvalue weighted by Gasteiger charge is -2.53. The maximum absolute atomic E-state index is 12.4. The highest BCUT2D eigenvalue weighted by atomic mass is 16.6. The van der Waals surface area contributed by atoms with Crippen molar-refractivity contribution in [2.24, 2.45) is 0 Å². The first-order valence-corrected chi connectivity index (χ1v) is 16.3. The highest BCUT2D eigenvalue weighted by Crippen LogP contribution is 2.34. The average molecular weight is 653 g/mol. The Morgan fingerprint density at radius 2 is 1.88 bits per heavy atom. The Hall–Kier alpha value is -4.99. The number of pyridine rings is 2. The SMILES string of the molecule is Cc1nc(N2CCCC2)c2oc3c(c2n1)=CCCC=3.Cc1ncccc1C#Cc1c[nH]c(=O)c(N2CCOC3(COC3)C2C)c1.O=CO. The summed E-state index contributed by atoms with van der Waals surface area (Å²) in [7, 11) is 0. The van der Waals surface area contributed by atoms with Crippen LogP contribution in [0.5, 0.6) is 0 Å². The molecule has 3 fully saturated rings. The van der Waals surface area contributed by atoms with Gasteiger partial charge in [-0.05, 0) is 70.7 Å². The summed E-state index contributed by atoms with van der Waals surface area (Å²) in [5.41, 5.74) is 5.57. The molecule has 1 aliphatic carbocycles. The van der Waals surface area contributed by atoms with Gasteiger partial charge in [-0.3, -0.25) is 14.6 Å². The number of carbonyl (C=O) groups is 1. The number of furan rings is 1. The fourth-order valence-electron chi connectivity index (χ4n) is 6.46. The van der Waals surface area contributed by atoms with Crippen molar-refractivity contribution < 1.29 is 23.8 Å². The van der Waals surface area contributed by atoms with Crippen LogP contribution in [0.3, 0.4) is 0 Å². The summed E-state index contributed by atoms with van der Waals surface area (Å²) >= 11 is 0. The number of aromatic nitrogens is 4. The molecule has 3 aliphatic heterocycles. The van der Waals surface area contributed by atoms with Crippen LogP contribution in [0.25, 0.3) is 23.3 Å². The van der Waals surface area contributed by atoms with Crippen molar-refractivity contribution in [2.75, 3.05) is 49.3 Å². The number of hydrogen-bond donors (Lipinski definition) is 2. The van der Waals surface area contributed by atoms with Crippen LogP contribution in [0.4, 0.5) is 11.5 Å². The van der Waals surface area contributed by atoms with Gasteiger partial charge in [0, 0.05) is 48.4 Å². The second kappa shape index (κ2) is 14.4. The molecule has 2 N–H and O–H groups in total. The van der Waals surface area contributed by atoms with Gasteiger partial charge in [-0.15, -0.1) is 0 Å². The van der Waals surface area contributed by atoms with Crippen LogP contribution in [-0.4, -0.2) is 82.6 Å². The summed E-state index contributed by atoms with van der Waals surface area (Å²) in [6.45, 7) is 10.3. The normalized spacial score (nSPS) is 18.9. The standard InChI is InChI=1S/C20H21N3O3.C15H17N3O.CH2O2/c1-14-17(4-3-7-21-14)6-5-16-10-18(19(24)22-11-16)23-8-9-26-20(15(23)2)12-25-13-20;1-10-16-13-11-6-2-3-7-12(11)19-14(13)15(17-10)18-8-4-5-9-18;2-1-3/h3-4,7,10-11,15H,8-9,12-13H2,1-2H3,(H,22,24);6-7H,2-5,8-9H2,1H3;1H,(H,2,3). The van der Waals surface area contributed by atoms with Crippen molar-refractivity contribution in [3.63, 3.8) is 0 Å². The van der Waals surface area contributed by atoms with Crippen LogP contribution in [0.15, 0.2) is 39.8 Å². The van der Waals surface area contributed by atoms with Gasteiger partial charge in [0.2, 0.25) is 0 Å². The fourth-order valence-corrected chi connectivity index (χ4v) is 6.46. The molecule has 48 heavy (non-hydrogen) atoms. The lowest BCUT2D eigenvalue weighted by atomic mass is 9.90. The fraction of sp³-hybridized carbons (Fsp3) is 0.417. The predicted molar refractivity (Wildman–Crippen MR) is 182 cm³/mol. The number of morpholine rings is 1. The summed E-state index contributed by atoms with van der Waals surface area (Å²) in [5, 5.41) is 8.05. The van der Waals surface area contributed by atoms with Crippen molar-refractivity contribution in [3.8, 4) is 11.8 Å². The summed E-state index contributed by atoms with van der Waals surface area (Å²) in [6, 6.07) is 5.72. The molecule has 0 radical (unpaired) electrons. The van der Waals surface area contributed by atoms with E-state index in [0.29, 0.717) is 32.1 Å². The molecule has 3 saturated heterocycles. The van der Waals surface area contributed by atoms with Crippen LogP contribution in [-0.2, 0) is 14.3 Å². The van der Waals surface area contributed by atoms with Gasteiger partial charge in [0.05, 0.1) is 31.6 Å². The third-order valence-electron chi connectivity index (χ3n) is 9.13. The van der Waals surface area contributed by atoms with Crippen molar-refractivity contribution in [3.05, 3.63) is 74.2 Å². The van der Waals surface area contributed by atoms with E-state index in [9.17, 15) is 4.79 Å². The molecule has 12 nitrogen and oxygen atoms in total. The molecule has 0 saturated carbocycles. The molecule has 1 atom stereocenters. The number of rotatable bonds is 2. The van der Waals surface area contributed by atoms with Gasteiger partial charge in [0.25, 0.3) is 12.0 Å². The van der Waals surface area contributed by atoms with Crippen LogP contribution >= 0.6 is 0 Å². The number of carboxylic acid groups (broad SMARTS) is 1. The van der Waals surface area contributed by atoms with Gasteiger partial charge in [-0.2, -0.15) is 0 Å². The van der Waals surface area contributed by atoms with Crippen LogP contribution in [0, 0.1) is 25.7 Å². The van der Waals surface area contributed by atoms with Crippen molar-refractivity contribution in [1.29, 1.82) is 0 Å². The Morgan fingerprint density at radius 3 is 2.60 bits per heavy atom. The lowest BCUT2D eigenvalue weighted by Crippen LogP contribution is -2.68. The first kappa shape index (κ1) is 32.9. The lowest BCUT2D eigenvalue weighted by molar-refractivity contribution is -0.228. The van der Waals surface area contributed by atoms with Gasteiger partial charge >= 0.3 is 0 Å². The van der Waals surface area contributed by atoms with Gasteiger partial charge in [0.1, 0.15) is 28.0 Å². The monoisotopic (exact) mass is 652 g/mol. The van der Waals surface area contributed by atoms with E-state index in [4.69, 9.17) is 23.8 Å². The highest BCUT2D eigenvalue weighted by Gasteiger charge is 2.50. The number of H-pyrrole nitrogens is 1. The minimum Gasteiger partial charge on any atom is -0.483 e. The Labute approximate surface area is 278 Å². The van der Waals surface area contributed by atoms with Crippen LogP contribution in [0.1, 0.15) is 55.3 Å². The molecule has 1 spiro atoms. The molecule has 4 aromatic heterocycles. The van der Waals surface area contributed by atoms with E-state index in [1.54, 1.807) is 12.4 Å². The maximum Gasteiger partial charge on any atom is 0.290 e. The number of anilines is 2. The summed E-state index contributed by atoms with van der Waals surface area (Å²) in [5.74, 6) is 8.07. The first-order chi connectivity index (χ1) is 23.3. The van der Waals surface area contributed by atoms with Gasteiger partial charge in [0.15, 0.2) is 11.4 Å². The zero-order valence-electron chi connectivity index (χ0n) is 27.5. The van der Waals surface area contributed by atoms with E-state index in [2.05, 4.69) is 60.7 Å². The summed E-state index contributed by atoms with van der Waals surface area (Å²) < 4.78 is 17.3. The van der Waals surface area contributed by atoms with Crippen LogP contribution < -0.4 is 26.0 Å². The molecule has 250 valence electrons. The smallest absolute Gasteiger partial charge is 0.290 e. The van der Waals surface area contributed by atoms with Gasteiger partial charge < -0.3 is 33.8 Å².